The number of anilines is 1. The van der Waals surface area contributed by atoms with Gasteiger partial charge in [0, 0.05) is 23.4 Å². The second-order valence-corrected chi connectivity index (χ2v) is 6.17. The van der Waals surface area contributed by atoms with Crippen LogP contribution in [0.3, 0.4) is 0 Å². The van der Waals surface area contributed by atoms with Gasteiger partial charge in [0.2, 0.25) is 0 Å². The van der Waals surface area contributed by atoms with Gasteiger partial charge in [-0.2, -0.15) is 5.10 Å². The molecule has 0 spiro atoms. The second kappa shape index (κ2) is 8.17. The molecule has 0 fully saturated rings. The largest absolute Gasteiger partial charge is 0.507 e. The quantitative estimate of drug-likeness (QED) is 0.346. The Hall–Kier alpha value is -3.94. The number of carbonyl (C=O) groups is 1. The summed E-state index contributed by atoms with van der Waals surface area (Å²) in [5, 5.41) is 29.8. The Labute approximate surface area is 160 Å². The van der Waals surface area contributed by atoms with E-state index in [-0.39, 0.29) is 23.5 Å². The fourth-order valence-electron chi connectivity index (χ4n) is 2.69. The van der Waals surface area contributed by atoms with Gasteiger partial charge in [-0.05, 0) is 35.4 Å². The van der Waals surface area contributed by atoms with Crippen LogP contribution in [0, 0.1) is 17.0 Å². The number of nitro groups is 1. The number of hydrazone groups is 1. The molecular weight excluding hydrogens is 360 g/mol. The molecule has 0 aromatic heterocycles. The smallest absolute Gasteiger partial charge is 0.270 e. The fraction of sp³-hybridized carbons (Fsp3) is 0.100. The minimum Gasteiger partial charge on any atom is -0.507 e. The van der Waals surface area contributed by atoms with Gasteiger partial charge in [-0.3, -0.25) is 14.9 Å². The lowest BCUT2D eigenvalue weighted by Crippen LogP contribution is -2.25. The molecule has 3 rings (SSSR count). The summed E-state index contributed by atoms with van der Waals surface area (Å²) in [6, 6.07) is 16.1. The number of aromatic hydroxyl groups is 1. The third kappa shape index (κ3) is 4.42. The molecule has 0 aliphatic rings. The number of amides is 1. The van der Waals surface area contributed by atoms with Crippen molar-refractivity contribution in [3.05, 3.63) is 75.8 Å². The average Bonchev–Trinajstić information content (AvgIpc) is 2.69. The first-order chi connectivity index (χ1) is 13.4. The van der Waals surface area contributed by atoms with Crippen molar-refractivity contribution in [2.24, 2.45) is 5.10 Å². The van der Waals surface area contributed by atoms with Gasteiger partial charge in [-0.1, -0.05) is 30.3 Å². The molecule has 1 amide bonds. The summed E-state index contributed by atoms with van der Waals surface area (Å²) in [7, 11) is 0. The van der Waals surface area contributed by atoms with Crippen molar-refractivity contribution in [3.63, 3.8) is 0 Å². The van der Waals surface area contributed by atoms with Gasteiger partial charge in [-0.25, -0.2) is 5.43 Å². The Balaban J connectivity index is 1.60. The lowest BCUT2D eigenvalue weighted by molar-refractivity contribution is -0.384. The van der Waals surface area contributed by atoms with Crippen LogP contribution in [0.5, 0.6) is 5.75 Å². The molecule has 3 aromatic carbocycles. The molecule has 3 aromatic rings. The summed E-state index contributed by atoms with van der Waals surface area (Å²) < 4.78 is 0. The van der Waals surface area contributed by atoms with Crippen LogP contribution in [-0.2, 0) is 4.79 Å². The average molecular weight is 378 g/mol. The molecule has 0 unspecified atom stereocenters. The highest BCUT2D eigenvalue weighted by Gasteiger charge is 2.12. The van der Waals surface area contributed by atoms with E-state index in [1.165, 1.54) is 18.3 Å². The van der Waals surface area contributed by atoms with Crippen LogP contribution < -0.4 is 10.7 Å². The van der Waals surface area contributed by atoms with Crippen LogP contribution in [0.2, 0.25) is 0 Å². The molecule has 0 atom stereocenters. The first-order valence-corrected chi connectivity index (χ1v) is 8.46. The lowest BCUT2D eigenvalue weighted by atomic mass is 10.1. The SMILES string of the molecule is Cc1cc([N+](=O)[O-])cc(/C=N\NC(=O)CNc2ccc3ccccc3c2)c1O. The molecular formula is C20H18N4O4. The van der Waals surface area contributed by atoms with Crippen LogP contribution in [0.4, 0.5) is 11.4 Å². The van der Waals surface area contributed by atoms with E-state index < -0.39 is 10.8 Å². The number of hydrogen-bond donors (Lipinski definition) is 3. The molecule has 8 nitrogen and oxygen atoms in total. The predicted octanol–water partition coefficient (Wildman–Crippen LogP) is 3.32. The molecule has 0 aliphatic carbocycles. The highest BCUT2D eigenvalue weighted by Crippen LogP contribution is 2.26. The molecule has 0 bridgehead atoms. The minimum absolute atomic E-state index is 0.00434. The van der Waals surface area contributed by atoms with Gasteiger partial charge in [0.15, 0.2) is 0 Å². The molecule has 0 saturated carbocycles. The number of nitro benzene ring substituents is 1. The highest BCUT2D eigenvalue weighted by molar-refractivity contribution is 5.89. The number of fused-ring (bicyclic) bond motifs is 1. The fourth-order valence-corrected chi connectivity index (χ4v) is 2.69. The second-order valence-electron chi connectivity index (χ2n) is 6.17. The van der Waals surface area contributed by atoms with E-state index in [4.69, 9.17) is 0 Å². The van der Waals surface area contributed by atoms with E-state index in [1.807, 2.05) is 42.5 Å². The summed E-state index contributed by atoms with van der Waals surface area (Å²) in [6.45, 7) is 1.54. The Morgan fingerprint density at radius 1 is 1.18 bits per heavy atom. The maximum absolute atomic E-state index is 11.9. The van der Waals surface area contributed by atoms with E-state index >= 15 is 0 Å². The first kappa shape index (κ1) is 18.8. The van der Waals surface area contributed by atoms with Crippen LogP contribution in [0.15, 0.2) is 59.7 Å². The van der Waals surface area contributed by atoms with E-state index in [2.05, 4.69) is 15.8 Å². The number of aryl methyl sites for hydroxylation is 1. The molecule has 8 heteroatoms. The molecule has 28 heavy (non-hydrogen) atoms. The molecule has 3 N–H and O–H groups in total. The lowest BCUT2D eigenvalue weighted by Gasteiger charge is -2.07. The number of phenols is 1. The molecule has 0 aliphatic heterocycles. The Kier molecular flexibility index (Phi) is 5.50. The van der Waals surface area contributed by atoms with Crippen molar-refractivity contribution in [1.82, 2.24) is 5.43 Å². The molecule has 0 radical (unpaired) electrons. The zero-order valence-electron chi connectivity index (χ0n) is 15.0. The number of nitrogens with zero attached hydrogens (tertiary/aromatic N) is 2. The van der Waals surface area contributed by atoms with Crippen LogP contribution in [0.1, 0.15) is 11.1 Å². The number of phenolic OH excluding ortho intramolecular Hbond substituents is 1. The number of non-ortho nitro benzene ring substituents is 1. The molecule has 142 valence electrons. The van der Waals surface area contributed by atoms with Crippen LogP contribution >= 0.6 is 0 Å². The normalized spacial score (nSPS) is 10.9. The monoisotopic (exact) mass is 378 g/mol. The summed E-state index contributed by atoms with van der Waals surface area (Å²) >= 11 is 0. The van der Waals surface area contributed by atoms with Gasteiger partial charge < -0.3 is 10.4 Å². The van der Waals surface area contributed by atoms with Gasteiger partial charge in [0.25, 0.3) is 11.6 Å². The van der Waals surface area contributed by atoms with Crippen molar-refractivity contribution in [2.75, 3.05) is 11.9 Å². The predicted molar refractivity (Wildman–Crippen MR) is 108 cm³/mol. The van der Waals surface area contributed by atoms with Gasteiger partial charge in [0.05, 0.1) is 17.7 Å². The van der Waals surface area contributed by atoms with E-state index in [1.54, 1.807) is 6.92 Å². The maximum Gasteiger partial charge on any atom is 0.270 e. The Morgan fingerprint density at radius 2 is 1.93 bits per heavy atom. The summed E-state index contributed by atoms with van der Waals surface area (Å²) in [6.07, 6.45) is 1.17. The molecule has 0 saturated heterocycles. The third-order valence-electron chi connectivity index (χ3n) is 4.12. The van der Waals surface area contributed by atoms with Crippen LogP contribution in [0.25, 0.3) is 10.8 Å². The summed E-state index contributed by atoms with van der Waals surface area (Å²) in [4.78, 5) is 22.3. The maximum atomic E-state index is 11.9. The topological polar surface area (TPSA) is 117 Å². The van der Waals surface area contributed by atoms with Crippen LogP contribution in [-0.4, -0.2) is 28.7 Å². The Morgan fingerprint density at radius 3 is 2.68 bits per heavy atom. The van der Waals surface area contributed by atoms with Crippen molar-refractivity contribution in [3.8, 4) is 5.75 Å². The third-order valence-corrected chi connectivity index (χ3v) is 4.12. The summed E-state index contributed by atoms with van der Waals surface area (Å²) in [5.74, 6) is -0.524. The Bertz CT molecular complexity index is 1080. The number of benzene rings is 3. The zero-order valence-corrected chi connectivity index (χ0v) is 15.0. The first-order valence-electron chi connectivity index (χ1n) is 8.46. The molecule has 0 heterocycles. The highest BCUT2D eigenvalue weighted by atomic mass is 16.6. The van der Waals surface area contributed by atoms with E-state index in [9.17, 15) is 20.0 Å². The minimum atomic E-state index is -0.560. The van der Waals surface area contributed by atoms with Gasteiger partial charge in [0.1, 0.15) is 5.75 Å². The standard InChI is InChI=1S/C20H18N4O4/c1-13-8-18(24(27)28)10-16(20(13)26)11-22-23-19(25)12-21-17-7-6-14-4-2-3-5-15(14)9-17/h2-11,21,26H,12H2,1H3,(H,23,25)/b22-11-. The number of hydrogen-bond acceptors (Lipinski definition) is 6. The van der Waals surface area contributed by atoms with Crippen molar-refractivity contribution >= 4 is 34.3 Å². The van der Waals surface area contributed by atoms with Crippen molar-refractivity contribution < 1.29 is 14.8 Å². The van der Waals surface area contributed by atoms with E-state index in [0.717, 1.165) is 16.5 Å². The van der Waals surface area contributed by atoms with Gasteiger partial charge in [-0.15, -0.1) is 0 Å². The van der Waals surface area contributed by atoms with Crippen molar-refractivity contribution in [2.45, 2.75) is 6.92 Å². The number of carbonyl (C=O) groups excluding carboxylic acids is 1. The van der Waals surface area contributed by atoms with Gasteiger partial charge >= 0.3 is 0 Å². The van der Waals surface area contributed by atoms with E-state index in [0.29, 0.717) is 5.56 Å². The van der Waals surface area contributed by atoms with Crippen molar-refractivity contribution in [1.29, 1.82) is 0 Å². The number of nitrogens with one attached hydrogen (secondary N) is 2. The number of rotatable bonds is 6. The summed E-state index contributed by atoms with van der Waals surface area (Å²) in [5.41, 5.74) is 3.45. The zero-order chi connectivity index (χ0) is 20.1.